The Hall–Kier alpha value is -2.44. The number of nitroso groups, excluding NO2 is 1. The second-order valence-electron chi connectivity index (χ2n) is 3.37. The number of carbonyl (C=O) groups excluding carboxylic acids is 2. The van der Waals surface area contributed by atoms with Gasteiger partial charge in [-0.05, 0) is 17.7 Å². The smallest absolute Gasteiger partial charge is 0.325 e. The second kappa shape index (κ2) is 7.00. The van der Waals surface area contributed by atoms with Gasteiger partial charge in [-0.15, -0.1) is 0 Å². The van der Waals surface area contributed by atoms with Gasteiger partial charge >= 0.3 is 12.0 Å². The Balaban J connectivity index is 2.44. The summed E-state index contributed by atoms with van der Waals surface area (Å²) in [6, 6.07) is 6.12. The van der Waals surface area contributed by atoms with Gasteiger partial charge in [-0.2, -0.15) is 4.91 Å². The molecule has 1 aromatic carbocycles. The van der Waals surface area contributed by atoms with Gasteiger partial charge in [-0.25, -0.2) is 4.79 Å². The summed E-state index contributed by atoms with van der Waals surface area (Å²) < 4.78 is 4.37. The number of carbonyl (C=O) groups is 2. The highest BCUT2D eigenvalue weighted by Gasteiger charge is 2.05. The first-order chi connectivity index (χ1) is 8.65. The van der Waals surface area contributed by atoms with Crippen LogP contribution in [0, 0.1) is 4.91 Å². The zero-order valence-corrected chi connectivity index (χ0v) is 9.80. The van der Waals surface area contributed by atoms with Crippen molar-refractivity contribution in [1.82, 2.24) is 5.32 Å². The fourth-order valence-corrected chi connectivity index (χ4v) is 1.17. The molecule has 1 rings (SSSR count). The number of hydrogen-bond donors (Lipinski definition) is 2. The van der Waals surface area contributed by atoms with Crippen LogP contribution in [0.5, 0.6) is 0 Å². The third-order valence-electron chi connectivity index (χ3n) is 2.08. The molecule has 0 aliphatic carbocycles. The molecule has 0 heterocycles. The van der Waals surface area contributed by atoms with E-state index < -0.39 is 12.0 Å². The van der Waals surface area contributed by atoms with Crippen molar-refractivity contribution < 1.29 is 14.3 Å². The van der Waals surface area contributed by atoms with E-state index >= 15 is 0 Å². The van der Waals surface area contributed by atoms with E-state index in [1.54, 1.807) is 24.3 Å². The quantitative estimate of drug-likeness (QED) is 0.607. The van der Waals surface area contributed by atoms with Gasteiger partial charge in [0, 0.05) is 5.69 Å². The summed E-state index contributed by atoms with van der Waals surface area (Å²) in [5.41, 5.74) is 1.30. The minimum atomic E-state index is -0.530. The predicted molar refractivity (Wildman–Crippen MR) is 65.0 cm³/mol. The third kappa shape index (κ3) is 4.60. The van der Waals surface area contributed by atoms with Crippen molar-refractivity contribution >= 4 is 17.7 Å². The van der Waals surface area contributed by atoms with Gasteiger partial charge in [0.1, 0.15) is 13.1 Å². The zero-order valence-electron chi connectivity index (χ0n) is 9.80. The second-order valence-corrected chi connectivity index (χ2v) is 3.37. The first kappa shape index (κ1) is 13.6. The van der Waals surface area contributed by atoms with Crippen LogP contribution in [-0.2, 0) is 16.1 Å². The molecule has 0 radical (unpaired) electrons. The minimum absolute atomic E-state index is 0.0921. The molecule has 0 spiro atoms. The summed E-state index contributed by atoms with van der Waals surface area (Å²) in [5.74, 6) is -0.530. The zero-order chi connectivity index (χ0) is 13.4. The number of methoxy groups -OCH3 is 1. The molecule has 0 aliphatic heterocycles. The van der Waals surface area contributed by atoms with Crippen molar-refractivity contribution in [3.63, 3.8) is 0 Å². The van der Waals surface area contributed by atoms with E-state index in [2.05, 4.69) is 20.5 Å². The van der Waals surface area contributed by atoms with Crippen LogP contribution in [0.25, 0.3) is 0 Å². The van der Waals surface area contributed by atoms with Crippen LogP contribution in [0.1, 0.15) is 5.56 Å². The molecule has 2 N–H and O–H groups in total. The maximum Gasteiger partial charge on any atom is 0.325 e. The number of rotatable bonds is 5. The summed E-state index contributed by atoms with van der Waals surface area (Å²) in [6.07, 6.45) is 0. The number of hydrogen-bond acceptors (Lipinski definition) is 5. The number of benzene rings is 1. The van der Waals surface area contributed by atoms with Gasteiger partial charge in [0.2, 0.25) is 0 Å². The fourth-order valence-electron chi connectivity index (χ4n) is 1.17. The first-order valence-corrected chi connectivity index (χ1v) is 5.15. The molecular formula is C11H13N3O4. The average Bonchev–Trinajstić information content (AvgIpc) is 2.38. The molecule has 7 heteroatoms. The molecule has 0 unspecified atom stereocenters. The molecular weight excluding hydrogens is 238 g/mol. The molecule has 7 nitrogen and oxygen atoms in total. The Morgan fingerprint density at radius 1 is 1.28 bits per heavy atom. The van der Waals surface area contributed by atoms with Crippen molar-refractivity contribution in [2.24, 2.45) is 5.18 Å². The molecule has 1 aromatic rings. The summed E-state index contributed by atoms with van der Waals surface area (Å²) in [6.45, 7) is -0.107. The Bertz CT molecular complexity index is 430. The molecule has 0 bridgehead atoms. The maximum absolute atomic E-state index is 11.3. The number of anilines is 1. The van der Waals surface area contributed by atoms with Gasteiger partial charge in [-0.3, -0.25) is 4.79 Å². The van der Waals surface area contributed by atoms with E-state index in [9.17, 15) is 14.5 Å². The van der Waals surface area contributed by atoms with E-state index in [1.807, 2.05) is 0 Å². The number of urea groups is 1. The van der Waals surface area contributed by atoms with Gasteiger partial charge in [0.15, 0.2) is 0 Å². The normalized spacial score (nSPS) is 9.39. The van der Waals surface area contributed by atoms with Crippen molar-refractivity contribution in [1.29, 1.82) is 0 Å². The Kier molecular flexibility index (Phi) is 5.30. The Morgan fingerprint density at radius 2 is 1.94 bits per heavy atom. The topological polar surface area (TPSA) is 96.9 Å². The van der Waals surface area contributed by atoms with Crippen LogP contribution in [0.2, 0.25) is 0 Å². The lowest BCUT2D eigenvalue weighted by Gasteiger charge is -2.06. The van der Waals surface area contributed by atoms with Crippen molar-refractivity contribution in [3.05, 3.63) is 34.7 Å². The average molecular weight is 251 g/mol. The lowest BCUT2D eigenvalue weighted by molar-refractivity contribution is -0.139. The summed E-state index contributed by atoms with van der Waals surface area (Å²) >= 11 is 0. The Morgan fingerprint density at radius 3 is 2.50 bits per heavy atom. The fraction of sp³-hybridized carbons (Fsp3) is 0.273. The van der Waals surface area contributed by atoms with Gasteiger partial charge in [-0.1, -0.05) is 17.3 Å². The van der Waals surface area contributed by atoms with Crippen LogP contribution in [0.3, 0.4) is 0 Å². The van der Waals surface area contributed by atoms with Gasteiger partial charge < -0.3 is 15.4 Å². The van der Waals surface area contributed by atoms with Crippen LogP contribution < -0.4 is 10.6 Å². The van der Waals surface area contributed by atoms with Crippen molar-refractivity contribution in [3.8, 4) is 0 Å². The molecule has 0 aromatic heterocycles. The van der Waals surface area contributed by atoms with E-state index in [4.69, 9.17) is 0 Å². The first-order valence-electron chi connectivity index (χ1n) is 5.15. The number of ether oxygens (including phenoxy) is 1. The molecule has 0 atom stereocenters. The van der Waals surface area contributed by atoms with Crippen LogP contribution in [0.4, 0.5) is 10.5 Å². The highest BCUT2D eigenvalue weighted by molar-refractivity contribution is 5.91. The maximum atomic E-state index is 11.3. The minimum Gasteiger partial charge on any atom is -0.468 e. The molecule has 0 saturated heterocycles. The van der Waals surface area contributed by atoms with Crippen LogP contribution >= 0.6 is 0 Å². The highest BCUT2D eigenvalue weighted by Crippen LogP contribution is 2.09. The van der Waals surface area contributed by atoms with E-state index in [0.29, 0.717) is 5.69 Å². The largest absolute Gasteiger partial charge is 0.468 e. The highest BCUT2D eigenvalue weighted by atomic mass is 16.5. The lowest BCUT2D eigenvalue weighted by atomic mass is 10.2. The van der Waals surface area contributed by atoms with E-state index in [0.717, 1.165) is 5.56 Å². The van der Waals surface area contributed by atoms with Crippen molar-refractivity contribution in [2.45, 2.75) is 6.54 Å². The third-order valence-corrected chi connectivity index (χ3v) is 2.08. The van der Waals surface area contributed by atoms with Crippen LogP contribution in [0.15, 0.2) is 29.4 Å². The standard InChI is InChI=1S/C11H13N3O4/c1-18-10(15)7-12-11(16)14-9-4-2-8(3-5-9)6-13-17/h2-5H,6-7H2,1H3,(H2,12,14,16). The van der Waals surface area contributed by atoms with E-state index in [-0.39, 0.29) is 13.1 Å². The molecule has 96 valence electrons. The van der Waals surface area contributed by atoms with E-state index in [1.165, 1.54) is 7.11 Å². The SMILES string of the molecule is COC(=O)CNC(=O)Nc1ccc(CN=O)cc1. The Labute approximate surface area is 103 Å². The number of nitrogens with one attached hydrogen (secondary N) is 2. The van der Waals surface area contributed by atoms with Gasteiger partial charge in [0.25, 0.3) is 0 Å². The molecule has 2 amide bonds. The number of esters is 1. The molecule has 18 heavy (non-hydrogen) atoms. The predicted octanol–water partition coefficient (Wildman–Crippen LogP) is 1.25. The van der Waals surface area contributed by atoms with Crippen molar-refractivity contribution in [2.75, 3.05) is 19.0 Å². The summed E-state index contributed by atoms with van der Waals surface area (Å²) in [7, 11) is 1.24. The van der Waals surface area contributed by atoms with Gasteiger partial charge in [0.05, 0.1) is 7.11 Å². The molecule has 0 fully saturated rings. The lowest BCUT2D eigenvalue weighted by Crippen LogP contribution is -2.33. The molecule has 0 saturated carbocycles. The summed E-state index contributed by atoms with van der Waals surface area (Å²) in [4.78, 5) is 32.2. The summed E-state index contributed by atoms with van der Waals surface area (Å²) in [5, 5.41) is 7.61. The van der Waals surface area contributed by atoms with Crippen LogP contribution in [-0.4, -0.2) is 25.7 Å². The number of nitrogens with zero attached hydrogens (tertiary/aromatic N) is 1. The monoisotopic (exact) mass is 251 g/mol. The molecule has 0 aliphatic rings. The number of amides is 2.